The topological polar surface area (TPSA) is 139 Å². The molecular weight excluding hydrogens is 394 g/mol. The van der Waals surface area contributed by atoms with Gasteiger partial charge in [-0.15, -0.1) is 0 Å². The van der Waals surface area contributed by atoms with Gasteiger partial charge in [0.2, 0.25) is 11.8 Å². The molecule has 0 radical (unpaired) electrons. The molecule has 2 heterocycles. The van der Waals surface area contributed by atoms with Gasteiger partial charge in [-0.05, 0) is 38.0 Å². The van der Waals surface area contributed by atoms with Gasteiger partial charge in [0, 0.05) is 35.7 Å². The van der Waals surface area contributed by atoms with Crippen molar-refractivity contribution in [1.82, 2.24) is 19.9 Å². The van der Waals surface area contributed by atoms with E-state index in [1.165, 1.54) is 6.92 Å². The molecule has 0 bridgehead atoms. The van der Waals surface area contributed by atoms with Crippen LogP contribution in [0.15, 0.2) is 42.7 Å². The Bertz CT molecular complexity index is 1070. The quantitative estimate of drug-likeness (QED) is 0.443. The molecule has 9 nitrogen and oxygen atoms in total. The highest BCUT2D eigenvalue weighted by Crippen LogP contribution is 2.29. The largest absolute Gasteiger partial charge is 0.493 e. The highest BCUT2D eigenvalue weighted by Gasteiger charge is 2.24. The molecule has 160 valence electrons. The van der Waals surface area contributed by atoms with Crippen LogP contribution in [0.2, 0.25) is 0 Å². The van der Waals surface area contributed by atoms with Crippen molar-refractivity contribution in [1.29, 1.82) is 0 Å². The summed E-state index contributed by atoms with van der Waals surface area (Å²) in [4.78, 5) is 29.3. The summed E-state index contributed by atoms with van der Waals surface area (Å²) < 4.78 is 0. The van der Waals surface area contributed by atoms with Gasteiger partial charge in [0.25, 0.3) is 0 Å². The van der Waals surface area contributed by atoms with Gasteiger partial charge in [-0.1, -0.05) is 25.0 Å². The van der Waals surface area contributed by atoms with Crippen LogP contribution in [-0.4, -0.2) is 42.9 Å². The summed E-state index contributed by atoms with van der Waals surface area (Å²) in [6, 6.07) is 9.18. The lowest BCUT2D eigenvalue weighted by molar-refractivity contribution is 0.101. The Hall–Kier alpha value is -3.59. The molecule has 1 aliphatic carbocycles. The van der Waals surface area contributed by atoms with E-state index in [1.807, 2.05) is 24.3 Å². The van der Waals surface area contributed by atoms with E-state index in [4.69, 9.17) is 5.73 Å². The van der Waals surface area contributed by atoms with Crippen molar-refractivity contribution >= 4 is 23.2 Å². The molecule has 0 saturated heterocycles. The van der Waals surface area contributed by atoms with Crippen LogP contribution in [0.25, 0.3) is 11.4 Å². The maximum absolute atomic E-state index is 12.2. The van der Waals surface area contributed by atoms with Crippen molar-refractivity contribution in [3.63, 3.8) is 0 Å². The van der Waals surface area contributed by atoms with E-state index in [9.17, 15) is 9.90 Å². The molecule has 2 aromatic heterocycles. The molecule has 3 aromatic rings. The van der Waals surface area contributed by atoms with Crippen LogP contribution in [0.5, 0.6) is 5.88 Å². The van der Waals surface area contributed by atoms with Crippen LogP contribution in [-0.2, 0) is 0 Å². The molecule has 5 N–H and O–H groups in total. The van der Waals surface area contributed by atoms with E-state index in [0.717, 1.165) is 31.2 Å². The summed E-state index contributed by atoms with van der Waals surface area (Å²) in [6.07, 6.45) is 7.35. The minimum Gasteiger partial charge on any atom is -0.493 e. The number of carbonyl (C=O) groups excluding carboxylic acids is 1. The Morgan fingerprint density at radius 3 is 2.65 bits per heavy atom. The summed E-state index contributed by atoms with van der Waals surface area (Å²) in [6.45, 7) is 1.36. The van der Waals surface area contributed by atoms with Gasteiger partial charge >= 0.3 is 0 Å². The average Bonchev–Trinajstić information content (AvgIpc) is 2.76. The third kappa shape index (κ3) is 4.77. The van der Waals surface area contributed by atoms with Crippen molar-refractivity contribution in [3.8, 4) is 17.3 Å². The molecule has 1 aromatic carbocycles. The molecule has 1 saturated carbocycles. The Kier molecular flexibility index (Phi) is 6.03. The molecule has 1 aliphatic rings. The zero-order chi connectivity index (χ0) is 21.8. The first kappa shape index (κ1) is 20.7. The predicted octanol–water partition coefficient (Wildman–Crippen LogP) is 3.27. The Morgan fingerprint density at radius 1 is 1.13 bits per heavy atom. The van der Waals surface area contributed by atoms with Gasteiger partial charge in [-0.3, -0.25) is 4.79 Å². The highest BCUT2D eigenvalue weighted by molar-refractivity contribution is 6.01. The second-order valence-corrected chi connectivity index (χ2v) is 7.63. The molecule has 1 fully saturated rings. The minimum atomic E-state index is -0.376. The number of anilines is 3. The van der Waals surface area contributed by atoms with Crippen LogP contribution in [0, 0.1) is 0 Å². The lowest BCUT2D eigenvalue weighted by atomic mass is 9.91. The van der Waals surface area contributed by atoms with E-state index < -0.39 is 0 Å². The van der Waals surface area contributed by atoms with Crippen molar-refractivity contribution < 1.29 is 9.90 Å². The van der Waals surface area contributed by atoms with Gasteiger partial charge in [0.1, 0.15) is 5.56 Å². The number of ketones is 1. The molecular formula is C22H25N7O2. The number of aromatic nitrogens is 4. The van der Waals surface area contributed by atoms with Crippen LogP contribution in [0.1, 0.15) is 43.0 Å². The second kappa shape index (κ2) is 9.05. The van der Waals surface area contributed by atoms with Crippen molar-refractivity contribution in [2.24, 2.45) is 5.73 Å². The van der Waals surface area contributed by atoms with E-state index in [-0.39, 0.29) is 41.1 Å². The Labute approximate surface area is 180 Å². The number of hydrogen-bond donors (Lipinski definition) is 4. The van der Waals surface area contributed by atoms with Crippen LogP contribution < -0.4 is 16.4 Å². The third-order valence-corrected chi connectivity index (χ3v) is 5.33. The molecule has 4 rings (SSSR count). The fourth-order valence-corrected chi connectivity index (χ4v) is 3.75. The summed E-state index contributed by atoms with van der Waals surface area (Å²) in [5.41, 5.74) is 7.72. The summed E-state index contributed by atoms with van der Waals surface area (Å²) in [5, 5.41) is 16.8. The van der Waals surface area contributed by atoms with Crippen molar-refractivity contribution in [2.45, 2.75) is 44.7 Å². The number of hydrogen-bond acceptors (Lipinski definition) is 9. The molecule has 0 aliphatic heterocycles. The van der Waals surface area contributed by atoms with E-state index in [0.29, 0.717) is 11.5 Å². The lowest BCUT2D eigenvalue weighted by Crippen LogP contribution is -2.43. The number of nitrogens with zero attached hydrogens (tertiary/aromatic N) is 4. The molecule has 31 heavy (non-hydrogen) atoms. The minimum absolute atomic E-state index is 0.00839. The molecule has 2 atom stereocenters. The molecule has 0 amide bonds. The normalized spacial score (nSPS) is 18.4. The molecule has 0 unspecified atom stereocenters. The Balaban J connectivity index is 1.65. The second-order valence-electron chi connectivity index (χ2n) is 7.63. The number of carbonyl (C=O) groups is 1. The first-order chi connectivity index (χ1) is 15.0. The van der Waals surface area contributed by atoms with Crippen molar-refractivity contribution in [3.05, 3.63) is 48.3 Å². The fraction of sp³-hybridized carbons (Fsp3) is 0.318. The van der Waals surface area contributed by atoms with Gasteiger partial charge in [-0.2, -0.15) is 9.97 Å². The maximum atomic E-state index is 12.2. The predicted molar refractivity (Wildman–Crippen MR) is 118 cm³/mol. The number of nitrogens with one attached hydrogen (secondary N) is 2. The number of nitrogens with two attached hydrogens (primary N) is 1. The first-order valence-corrected chi connectivity index (χ1v) is 10.3. The monoisotopic (exact) mass is 419 g/mol. The van der Waals surface area contributed by atoms with Crippen LogP contribution in [0.3, 0.4) is 0 Å². The van der Waals surface area contributed by atoms with Crippen LogP contribution in [0.4, 0.5) is 17.5 Å². The zero-order valence-corrected chi connectivity index (χ0v) is 17.2. The fourth-order valence-electron chi connectivity index (χ4n) is 3.75. The van der Waals surface area contributed by atoms with Gasteiger partial charge in [0.05, 0.1) is 0 Å². The number of Topliss-reactive ketones (excluding diaryl/α,β-unsaturated/α-hetero) is 1. The first-order valence-electron chi connectivity index (χ1n) is 10.3. The standard InChI is InChI=1S/C22H25N7O2/c1-13(30)18-20(26-15-7-4-6-14(12-15)19-24-10-5-11-25-19)28-22(29-21(18)31)27-17-9-3-2-8-16(17)23/h4-7,10-12,16-17H,2-3,8-9,23H2,1H3,(H3,26,27,28,29,31)/t16-,17+/m0/s1. The maximum Gasteiger partial charge on any atom is 0.229 e. The number of rotatable bonds is 6. The summed E-state index contributed by atoms with van der Waals surface area (Å²) in [5.74, 6) is 0.313. The smallest absolute Gasteiger partial charge is 0.229 e. The van der Waals surface area contributed by atoms with E-state index >= 15 is 0 Å². The SMILES string of the molecule is CC(=O)c1c(O)nc(N[C@@H]2CCCC[C@@H]2N)nc1Nc1cccc(-c2ncccn2)c1. The van der Waals surface area contributed by atoms with Gasteiger partial charge in [0.15, 0.2) is 17.4 Å². The molecule has 9 heteroatoms. The van der Waals surface area contributed by atoms with Crippen molar-refractivity contribution in [2.75, 3.05) is 10.6 Å². The number of aromatic hydroxyl groups is 1. The van der Waals surface area contributed by atoms with E-state index in [1.54, 1.807) is 18.5 Å². The number of benzene rings is 1. The molecule has 0 spiro atoms. The average molecular weight is 419 g/mol. The summed E-state index contributed by atoms with van der Waals surface area (Å²) >= 11 is 0. The highest BCUT2D eigenvalue weighted by atomic mass is 16.3. The summed E-state index contributed by atoms with van der Waals surface area (Å²) in [7, 11) is 0. The van der Waals surface area contributed by atoms with E-state index in [2.05, 4.69) is 30.6 Å². The third-order valence-electron chi connectivity index (χ3n) is 5.33. The van der Waals surface area contributed by atoms with Crippen LogP contribution >= 0.6 is 0 Å². The van der Waals surface area contributed by atoms with Gasteiger partial charge in [-0.25, -0.2) is 9.97 Å². The van der Waals surface area contributed by atoms with Gasteiger partial charge < -0.3 is 21.5 Å². The zero-order valence-electron chi connectivity index (χ0n) is 17.2. The lowest BCUT2D eigenvalue weighted by Gasteiger charge is -2.29. The Morgan fingerprint density at radius 2 is 1.90 bits per heavy atom.